The Balaban J connectivity index is 1.92. The van der Waals surface area contributed by atoms with E-state index in [9.17, 15) is 13.6 Å². The van der Waals surface area contributed by atoms with E-state index in [0.717, 1.165) is 23.0 Å². The largest absolute Gasteiger partial charge is 0.361 e. The number of hydrogen-bond donors (Lipinski definition) is 2. The number of aromatic nitrogens is 1. The van der Waals surface area contributed by atoms with Crippen molar-refractivity contribution < 1.29 is 13.6 Å². The number of fused-ring (bicyclic) bond motifs is 1. The van der Waals surface area contributed by atoms with E-state index in [2.05, 4.69) is 26.2 Å². The molecule has 0 aliphatic heterocycles. The standard InChI is InChI=1S/C15H9BrF2N2O/c16-11-6-10(17)7-12(18)14(11)20-15(21)9-1-2-13-8(5-9)3-4-19-13/h1-7,19H,(H,20,21). The summed E-state index contributed by atoms with van der Waals surface area (Å²) in [5.41, 5.74) is 1.20. The third kappa shape index (κ3) is 2.67. The molecule has 21 heavy (non-hydrogen) atoms. The lowest BCUT2D eigenvalue weighted by Crippen LogP contribution is -2.13. The summed E-state index contributed by atoms with van der Waals surface area (Å²) in [6, 6.07) is 8.73. The van der Waals surface area contributed by atoms with Gasteiger partial charge in [-0.25, -0.2) is 8.78 Å². The molecule has 0 fully saturated rings. The van der Waals surface area contributed by atoms with E-state index in [4.69, 9.17) is 0 Å². The van der Waals surface area contributed by atoms with Crippen LogP contribution < -0.4 is 5.32 Å². The van der Waals surface area contributed by atoms with Crippen molar-refractivity contribution in [1.29, 1.82) is 0 Å². The third-order valence-electron chi connectivity index (χ3n) is 3.06. The predicted molar refractivity (Wildman–Crippen MR) is 80.3 cm³/mol. The van der Waals surface area contributed by atoms with Crippen molar-refractivity contribution in [3.8, 4) is 0 Å². The molecule has 0 bridgehead atoms. The van der Waals surface area contributed by atoms with Crippen LogP contribution in [0.3, 0.4) is 0 Å². The first kappa shape index (κ1) is 13.8. The smallest absolute Gasteiger partial charge is 0.255 e. The highest BCUT2D eigenvalue weighted by atomic mass is 79.9. The zero-order valence-electron chi connectivity index (χ0n) is 10.6. The van der Waals surface area contributed by atoms with Crippen LogP contribution in [-0.4, -0.2) is 10.9 Å². The molecular weight excluding hydrogens is 342 g/mol. The SMILES string of the molecule is O=C(Nc1c(F)cc(F)cc1Br)c1ccc2[nH]ccc2c1. The zero-order valence-corrected chi connectivity index (χ0v) is 12.2. The zero-order chi connectivity index (χ0) is 15.0. The molecule has 3 aromatic rings. The van der Waals surface area contributed by atoms with Crippen LogP contribution in [0.4, 0.5) is 14.5 Å². The van der Waals surface area contributed by atoms with Gasteiger partial charge in [0.25, 0.3) is 5.91 Å². The van der Waals surface area contributed by atoms with E-state index >= 15 is 0 Å². The summed E-state index contributed by atoms with van der Waals surface area (Å²) in [7, 11) is 0. The van der Waals surface area contributed by atoms with Crippen molar-refractivity contribution in [2.24, 2.45) is 0 Å². The number of hydrogen-bond acceptors (Lipinski definition) is 1. The highest BCUT2D eigenvalue weighted by molar-refractivity contribution is 9.10. The molecule has 0 radical (unpaired) electrons. The van der Waals surface area contributed by atoms with Crippen molar-refractivity contribution in [3.63, 3.8) is 0 Å². The Bertz CT molecular complexity index is 822. The van der Waals surface area contributed by atoms with Gasteiger partial charge in [-0.05, 0) is 46.3 Å². The maximum Gasteiger partial charge on any atom is 0.255 e. The summed E-state index contributed by atoms with van der Waals surface area (Å²) in [6.45, 7) is 0. The van der Waals surface area contributed by atoms with E-state index in [1.165, 1.54) is 0 Å². The van der Waals surface area contributed by atoms with Gasteiger partial charge in [-0.2, -0.15) is 0 Å². The Kier molecular flexibility index (Phi) is 3.47. The van der Waals surface area contributed by atoms with Gasteiger partial charge in [-0.15, -0.1) is 0 Å². The minimum absolute atomic E-state index is 0.0874. The Hall–Kier alpha value is -2.21. The second kappa shape index (κ2) is 5.29. The van der Waals surface area contributed by atoms with Crippen LogP contribution in [0.15, 0.2) is 47.1 Å². The first-order valence-corrected chi connectivity index (χ1v) is 6.87. The maximum absolute atomic E-state index is 13.7. The predicted octanol–water partition coefficient (Wildman–Crippen LogP) is 4.46. The van der Waals surface area contributed by atoms with Crippen LogP contribution in [0, 0.1) is 11.6 Å². The summed E-state index contributed by atoms with van der Waals surface area (Å²) in [5, 5.41) is 3.32. The molecule has 0 saturated carbocycles. The van der Waals surface area contributed by atoms with Crippen LogP contribution >= 0.6 is 15.9 Å². The van der Waals surface area contributed by atoms with Crippen molar-refractivity contribution >= 4 is 38.4 Å². The summed E-state index contributed by atoms with van der Waals surface area (Å²) in [6.07, 6.45) is 1.77. The van der Waals surface area contributed by atoms with Gasteiger partial charge < -0.3 is 10.3 Å². The lowest BCUT2D eigenvalue weighted by molar-refractivity contribution is 0.102. The van der Waals surface area contributed by atoms with Crippen LogP contribution in [0.1, 0.15) is 10.4 Å². The maximum atomic E-state index is 13.7. The van der Waals surface area contributed by atoms with Gasteiger partial charge in [0.2, 0.25) is 0 Å². The van der Waals surface area contributed by atoms with Gasteiger partial charge in [0.15, 0.2) is 5.82 Å². The monoisotopic (exact) mass is 350 g/mol. The number of carbonyl (C=O) groups excluding carboxylic acids is 1. The molecule has 1 heterocycles. The number of nitrogens with one attached hydrogen (secondary N) is 2. The topological polar surface area (TPSA) is 44.9 Å². The number of anilines is 1. The van der Waals surface area contributed by atoms with Gasteiger partial charge in [-0.3, -0.25) is 4.79 Å². The minimum atomic E-state index is -0.835. The van der Waals surface area contributed by atoms with E-state index in [1.54, 1.807) is 24.4 Å². The fourth-order valence-corrected chi connectivity index (χ4v) is 2.55. The quantitative estimate of drug-likeness (QED) is 0.704. The Morgan fingerprint density at radius 1 is 1.14 bits per heavy atom. The Morgan fingerprint density at radius 3 is 2.71 bits per heavy atom. The van der Waals surface area contributed by atoms with Crippen LogP contribution in [0.25, 0.3) is 10.9 Å². The lowest BCUT2D eigenvalue weighted by Gasteiger charge is -2.09. The number of carbonyl (C=O) groups is 1. The highest BCUT2D eigenvalue weighted by Gasteiger charge is 2.14. The average Bonchev–Trinajstić information content (AvgIpc) is 2.89. The fraction of sp³-hybridized carbons (Fsp3) is 0. The molecule has 0 unspecified atom stereocenters. The van der Waals surface area contributed by atoms with Gasteiger partial charge in [0, 0.05) is 33.2 Å². The van der Waals surface area contributed by atoms with Crippen LogP contribution in [0.5, 0.6) is 0 Å². The second-order valence-corrected chi connectivity index (χ2v) is 5.33. The number of halogens is 3. The third-order valence-corrected chi connectivity index (χ3v) is 3.69. The summed E-state index contributed by atoms with van der Waals surface area (Å²) in [4.78, 5) is 15.2. The molecule has 3 nitrogen and oxygen atoms in total. The van der Waals surface area contributed by atoms with Crippen LogP contribution in [-0.2, 0) is 0 Å². The normalized spacial score (nSPS) is 10.8. The summed E-state index contributed by atoms with van der Waals surface area (Å²) >= 11 is 3.03. The van der Waals surface area contributed by atoms with E-state index in [0.29, 0.717) is 5.56 Å². The molecule has 0 atom stereocenters. The van der Waals surface area contributed by atoms with Gasteiger partial charge in [-0.1, -0.05) is 0 Å². The molecule has 2 N–H and O–H groups in total. The second-order valence-electron chi connectivity index (χ2n) is 4.48. The Labute approximate surface area is 127 Å². The molecule has 0 aliphatic carbocycles. The minimum Gasteiger partial charge on any atom is -0.361 e. The number of amides is 1. The van der Waals surface area contributed by atoms with Crippen molar-refractivity contribution in [3.05, 3.63) is 64.3 Å². The number of aromatic amines is 1. The summed E-state index contributed by atoms with van der Waals surface area (Å²) in [5.74, 6) is -2.02. The van der Waals surface area contributed by atoms with Crippen molar-refractivity contribution in [1.82, 2.24) is 4.98 Å². The van der Waals surface area contributed by atoms with Crippen molar-refractivity contribution in [2.75, 3.05) is 5.32 Å². The van der Waals surface area contributed by atoms with Gasteiger partial charge in [0.05, 0.1) is 5.69 Å². The average molecular weight is 351 g/mol. The molecule has 3 rings (SSSR count). The molecule has 106 valence electrons. The summed E-state index contributed by atoms with van der Waals surface area (Å²) < 4.78 is 26.9. The Morgan fingerprint density at radius 2 is 1.95 bits per heavy atom. The van der Waals surface area contributed by atoms with Gasteiger partial charge in [0.1, 0.15) is 5.82 Å². The van der Waals surface area contributed by atoms with Crippen molar-refractivity contribution in [2.45, 2.75) is 0 Å². The molecule has 1 aromatic heterocycles. The molecule has 6 heteroatoms. The molecule has 0 saturated heterocycles. The number of benzene rings is 2. The van der Waals surface area contributed by atoms with E-state index in [1.807, 2.05) is 6.07 Å². The van der Waals surface area contributed by atoms with E-state index in [-0.39, 0.29) is 10.2 Å². The first-order chi connectivity index (χ1) is 10.0. The number of H-pyrrole nitrogens is 1. The van der Waals surface area contributed by atoms with Crippen LogP contribution in [0.2, 0.25) is 0 Å². The number of rotatable bonds is 2. The molecule has 0 aliphatic rings. The van der Waals surface area contributed by atoms with Gasteiger partial charge >= 0.3 is 0 Å². The first-order valence-electron chi connectivity index (χ1n) is 6.07. The molecule has 1 amide bonds. The highest BCUT2D eigenvalue weighted by Crippen LogP contribution is 2.27. The molecule has 0 spiro atoms. The lowest BCUT2D eigenvalue weighted by atomic mass is 10.1. The fourth-order valence-electron chi connectivity index (χ4n) is 2.04. The molecule has 2 aromatic carbocycles. The van der Waals surface area contributed by atoms with E-state index < -0.39 is 17.5 Å². The molecular formula is C15H9BrF2N2O.